The summed E-state index contributed by atoms with van der Waals surface area (Å²) in [4.78, 5) is 10.8. The largest absolute Gasteiger partial charge is 0.508 e. The monoisotopic (exact) mass is 222 g/mol. The summed E-state index contributed by atoms with van der Waals surface area (Å²) < 4.78 is 0. The fraction of sp³-hybridized carbons (Fsp3) is 0. The van der Waals surface area contributed by atoms with E-state index in [1.807, 2.05) is 30.3 Å². The molecule has 82 valence electrons. The summed E-state index contributed by atoms with van der Waals surface area (Å²) >= 11 is 0. The topological polar surface area (TPSA) is 37.3 Å². The molecule has 0 amide bonds. The first kappa shape index (κ1) is 11.0. The maximum atomic E-state index is 10.8. The van der Waals surface area contributed by atoms with Crippen LogP contribution < -0.4 is 0 Å². The number of aldehydes is 1. The quantitative estimate of drug-likeness (QED) is 0.595. The molecule has 2 aromatic carbocycles. The molecule has 0 aromatic heterocycles. The number of phenolic OH excluding ortho intramolecular Hbond substituents is 1. The van der Waals surface area contributed by atoms with Gasteiger partial charge < -0.3 is 5.11 Å². The third kappa shape index (κ3) is 2.73. The van der Waals surface area contributed by atoms with Gasteiger partial charge in [-0.05, 0) is 30.3 Å². The van der Waals surface area contributed by atoms with E-state index in [0.717, 1.165) is 5.56 Å². The van der Waals surface area contributed by atoms with Gasteiger partial charge in [-0.1, -0.05) is 30.0 Å². The van der Waals surface area contributed by atoms with E-state index in [-0.39, 0.29) is 5.75 Å². The minimum atomic E-state index is 0.0670. The van der Waals surface area contributed by atoms with Crippen LogP contribution in [-0.2, 0) is 0 Å². The van der Waals surface area contributed by atoms with Crippen LogP contribution in [0.15, 0.2) is 48.5 Å². The van der Waals surface area contributed by atoms with Gasteiger partial charge >= 0.3 is 0 Å². The molecule has 2 heteroatoms. The summed E-state index contributed by atoms with van der Waals surface area (Å²) in [5, 5.41) is 9.25. The number of rotatable bonds is 1. The van der Waals surface area contributed by atoms with Crippen molar-refractivity contribution in [2.24, 2.45) is 0 Å². The zero-order chi connectivity index (χ0) is 12.1. The minimum Gasteiger partial charge on any atom is -0.508 e. The first-order valence-electron chi connectivity index (χ1n) is 5.15. The molecule has 0 aliphatic carbocycles. The predicted molar refractivity (Wildman–Crippen MR) is 65.9 cm³/mol. The van der Waals surface area contributed by atoms with Crippen molar-refractivity contribution < 1.29 is 9.90 Å². The Balaban J connectivity index is 2.37. The molecular weight excluding hydrogens is 212 g/mol. The molecule has 0 atom stereocenters. The minimum absolute atomic E-state index is 0.0670. The Morgan fingerprint density at radius 3 is 2.47 bits per heavy atom. The van der Waals surface area contributed by atoms with Crippen LogP contribution in [0.1, 0.15) is 21.5 Å². The van der Waals surface area contributed by atoms with E-state index in [9.17, 15) is 9.90 Å². The molecule has 0 saturated heterocycles. The van der Waals surface area contributed by atoms with E-state index in [2.05, 4.69) is 11.8 Å². The second kappa shape index (κ2) is 5.00. The average molecular weight is 222 g/mol. The van der Waals surface area contributed by atoms with Crippen molar-refractivity contribution in [3.05, 3.63) is 65.2 Å². The molecule has 0 spiro atoms. The summed E-state index contributed by atoms with van der Waals surface area (Å²) in [7, 11) is 0. The highest BCUT2D eigenvalue weighted by Gasteiger charge is 1.99. The van der Waals surface area contributed by atoms with Gasteiger partial charge in [-0.25, -0.2) is 0 Å². The van der Waals surface area contributed by atoms with E-state index in [4.69, 9.17) is 0 Å². The molecule has 0 fully saturated rings. The third-order valence-corrected chi connectivity index (χ3v) is 2.28. The molecule has 0 heterocycles. The maximum absolute atomic E-state index is 10.8. The van der Waals surface area contributed by atoms with Crippen LogP contribution in [0.2, 0.25) is 0 Å². The highest BCUT2D eigenvalue weighted by atomic mass is 16.3. The zero-order valence-corrected chi connectivity index (χ0v) is 9.05. The SMILES string of the molecule is O=Cc1cc(O)ccc1C#Cc1ccccc1. The molecule has 2 aromatic rings. The Kier molecular flexibility index (Phi) is 3.23. The lowest BCUT2D eigenvalue weighted by atomic mass is 10.1. The highest BCUT2D eigenvalue weighted by Crippen LogP contribution is 2.14. The van der Waals surface area contributed by atoms with Crippen LogP contribution in [0, 0.1) is 11.8 Å². The average Bonchev–Trinajstić information content (AvgIpc) is 2.38. The molecule has 2 nitrogen and oxygen atoms in total. The van der Waals surface area contributed by atoms with E-state index in [1.165, 1.54) is 12.1 Å². The van der Waals surface area contributed by atoms with E-state index in [1.54, 1.807) is 6.07 Å². The van der Waals surface area contributed by atoms with Crippen molar-refractivity contribution in [3.8, 4) is 17.6 Å². The Morgan fingerprint density at radius 2 is 1.76 bits per heavy atom. The molecule has 0 bridgehead atoms. The number of aromatic hydroxyl groups is 1. The van der Waals surface area contributed by atoms with Crippen molar-refractivity contribution >= 4 is 6.29 Å². The van der Waals surface area contributed by atoms with E-state index >= 15 is 0 Å². The van der Waals surface area contributed by atoms with Crippen molar-refractivity contribution in [3.63, 3.8) is 0 Å². The van der Waals surface area contributed by atoms with Crippen molar-refractivity contribution in [2.45, 2.75) is 0 Å². The van der Waals surface area contributed by atoms with Gasteiger partial charge in [-0.3, -0.25) is 4.79 Å². The van der Waals surface area contributed by atoms with Crippen LogP contribution in [0.4, 0.5) is 0 Å². The molecule has 0 saturated carbocycles. The number of carbonyl (C=O) groups is 1. The Labute approximate surface area is 99.5 Å². The number of phenols is 1. The molecular formula is C15H10O2. The van der Waals surface area contributed by atoms with Gasteiger partial charge in [0.1, 0.15) is 5.75 Å². The Hall–Kier alpha value is -2.53. The molecule has 0 aliphatic rings. The highest BCUT2D eigenvalue weighted by molar-refractivity contribution is 5.80. The molecule has 2 rings (SSSR count). The summed E-state index contributed by atoms with van der Waals surface area (Å²) in [6, 6.07) is 14.1. The smallest absolute Gasteiger partial charge is 0.151 e. The van der Waals surface area contributed by atoms with Gasteiger partial charge in [-0.15, -0.1) is 0 Å². The standard InChI is InChI=1S/C15H10O2/c16-11-14-10-15(17)9-8-13(14)7-6-12-4-2-1-3-5-12/h1-5,8-11,17H. The Morgan fingerprint density at radius 1 is 1.00 bits per heavy atom. The van der Waals surface area contributed by atoms with Gasteiger partial charge in [0.25, 0.3) is 0 Å². The number of carbonyl (C=O) groups excluding carboxylic acids is 1. The van der Waals surface area contributed by atoms with Gasteiger partial charge in [0.2, 0.25) is 0 Å². The van der Waals surface area contributed by atoms with Crippen molar-refractivity contribution in [1.82, 2.24) is 0 Å². The van der Waals surface area contributed by atoms with Crippen LogP contribution in [0.3, 0.4) is 0 Å². The van der Waals surface area contributed by atoms with E-state index in [0.29, 0.717) is 17.4 Å². The van der Waals surface area contributed by atoms with Gasteiger partial charge in [0.05, 0.1) is 0 Å². The van der Waals surface area contributed by atoms with Crippen LogP contribution in [0.25, 0.3) is 0 Å². The summed E-state index contributed by atoms with van der Waals surface area (Å²) in [5.41, 5.74) is 1.90. The second-order valence-electron chi connectivity index (χ2n) is 3.51. The third-order valence-electron chi connectivity index (χ3n) is 2.28. The lowest BCUT2D eigenvalue weighted by molar-refractivity contribution is 0.112. The fourth-order valence-corrected chi connectivity index (χ4v) is 1.42. The predicted octanol–water partition coefficient (Wildman–Crippen LogP) is 2.60. The van der Waals surface area contributed by atoms with Crippen LogP contribution in [-0.4, -0.2) is 11.4 Å². The lowest BCUT2D eigenvalue weighted by Crippen LogP contribution is -1.86. The molecule has 1 N–H and O–H groups in total. The van der Waals surface area contributed by atoms with Crippen LogP contribution in [0.5, 0.6) is 5.75 Å². The van der Waals surface area contributed by atoms with Gasteiger partial charge in [-0.2, -0.15) is 0 Å². The Bertz CT molecular complexity index is 589. The second-order valence-corrected chi connectivity index (χ2v) is 3.51. The molecule has 0 aliphatic heterocycles. The molecule has 17 heavy (non-hydrogen) atoms. The van der Waals surface area contributed by atoms with Crippen molar-refractivity contribution in [1.29, 1.82) is 0 Å². The van der Waals surface area contributed by atoms with Crippen molar-refractivity contribution in [2.75, 3.05) is 0 Å². The summed E-state index contributed by atoms with van der Waals surface area (Å²) in [6.45, 7) is 0. The summed E-state index contributed by atoms with van der Waals surface area (Å²) in [6.07, 6.45) is 0.689. The first-order chi connectivity index (χ1) is 8.29. The number of hydrogen-bond acceptors (Lipinski definition) is 2. The summed E-state index contributed by atoms with van der Waals surface area (Å²) in [5.74, 6) is 5.95. The van der Waals surface area contributed by atoms with Crippen LogP contribution >= 0.6 is 0 Å². The van der Waals surface area contributed by atoms with Gasteiger partial charge in [0, 0.05) is 16.7 Å². The fourth-order valence-electron chi connectivity index (χ4n) is 1.42. The van der Waals surface area contributed by atoms with Gasteiger partial charge in [0.15, 0.2) is 6.29 Å². The zero-order valence-electron chi connectivity index (χ0n) is 9.05. The molecule has 0 unspecified atom stereocenters. The number of hydrogen-bond donors (Lipinski definition) is 1. The maximum Gasteiger partial charge on any atom is 0.151 e. The van der Waals surface area contributed by atoms with E-state index < -0.39 is 0 Å². The first-order valence-corrected chi connectivity index (χ1v) is 5.15. The lowest BCUT2D eigenvalue weighted by Gasteiger charge is -1.97. The molecule has 0 radical (unpaired) electrons. The number of benzene rings is 2. The normalized spacial score (nSPS) is 9.18.